The fourth-order valence-electron chi connectivity index (χ4n) is 1.66. The third-order valence-electron chi connectivity index (χ3n) is 2.57. The molecule has 0 bridgehead atoms. The number of hydrogen-bond acceptors (Lipinski definition) is 4. The number of benzene rings is 1. The van der Waals surface area contributed by atoms with Gasteiger partial charge in [0.15, 0.2) is 0 Å². The van der Waals surface area contributed by atoms with E-state index < -0.39 is 10.0 Å². The number of aromatic nitrogens is 2. The van der Waals surface area contributed by atoms with Crippen LogP contribution in [0.1, 0.15) is 16.8 Å². The van der Waals surface area contributed by atoms with Crippen molar-refractivity contribution in [3.8, 4) is 0 Å². The van der Waals surface area contributed by atoms with Gasteiger partial charge in [0.2, 0.25) is 10.0 Å². The molecule has 7 heteroatoms. The van der Waals surface area contributed by atoms with Crippen molar-refractivity contribution in [1.29, 1.82) is 0 Å². The Morgan fingerprint density at radius 2 is 2.11 bits per heavy atom. The highest BCUT2D eigenvalue weighted by Gasteiger charge is 2.11. The first-order valence-electron chi connectivity index (χ1n) is 5.72. The maximum absolute atomic E-state index is 11.9. The Balaban J connectivity index is 2.00. The summed E-state index contributed by atoms with van der Waals surface area (Å²) in [7, 11) is -3.42. The quantitative estimate of drug-likeness (QED) is 0.719. The highest BCUT2D eigenvalue weighted by molar-refractivity contribution is 7.88. The van der Waals surface area contributed by atoms with Gasteiger partial charge in [-0.15, -0.1) is 0 Å². The van der Waals surface area contributed by atoms with Gasteiger partial charge >= 0.3 is 0 Å². The van der Waals surface area contributed by atoms with E-state index in [1.807, 2.05) is 0 Å². The van der Waals surface area contributed by atoms with Crippen molar-refractivity contribution in [3.05, 3.63) is 53.6 Å². The van der Waals surface area contributed by atoms with Crippen molar-refractivity contribution < 1.29 is 13.5 Å². The van der Waals surface area contributed by atoms with E-state index in [2.05, 4.69) is 14.7 Å². The van der Waals surface area contributed by atoms with Crippen molar-refractivity contribution in [3.63, 3.8) is 0 Å². The number of hydrogen-bond donors (Lipinski definition) is 3. The van der Waals surface area contributed by atoms with Crippen LogP contribution in [0.5, 0.6) is 0 Å². The van der Waals surface area contributed by atoms with Crippen LogP contribution in [0, 0.1) is 0 Å². The topological polar surface area (TPSA) is 95.1 Å². The van der Waals surface area contributed by atoms with Gasteiger partial charge in [0.25, 0.3) is 0 Å². The number of rotatable bonds is 6. The average Bonchev–Trinajstić information content (AvgIpc) is 2.89. The Morgan fingerprint density at radius 3 is 2.79 bits per heavy atom. The second kappa shape index (κ2) is 5.96. The van der Waals surface area contributed by atoms with E-state index in [4.69, 9.17) is 5.11 Å². The number of sulfonamides is 1. The maximum atomic E-state index is 11.9. The second-order valence-electron chi connectivity index (χ2n) is 4.14. The van der Waals surface area contributed by atoms with Gasteiger partial charge in [-0.2, -0.15) is 0 Å². The zero-order chi connectivity index (χ0) is 13.7. The fourth-order valence-corrected chi connectivity index (χ4v) is 2.75. The minimum Gasteiger partial charge on any atom is -0.392 e. The molecule has 0 fully saturated rings. The van der Waals surface area contributed by atoms with Crippen LogP contribution in [0.25, 0.3) is 0 Å². The minimum atomic E-state index is -3.42. The molecule has 1 heterocycles. The lowest BCUT2D eigenvalue weighted by molar-refractivity contribution is 0.282. The van der Waals surface area contributed by atoms with Gasteiger partial charge in [-0.1, -0.05) is 24.3 Å². The highest BCUT2D eigenvalue weighted by Crippen LogP contribution is 2.09. The molecule has 3 N–H and O–H groups in total. The number of aliphatic hydroxyl groups excluding tert-OH is 1. The predicted octanol–water partition coefficient (Wildman–Crippen LogP) is 0.522. The molecule has 0 saturated heterocycles. The number of aliphatic hydroxyl groups is 1. The zero-order valence-corrected chi connectivity index (χ0v) is 11.0. The molecule has 0 atom stereocenters. The molecule has 0 radical (unpaired) electrons. The van der Waals surface area contributed by atoms with Gasteiger partial charge in [0, 0.05) is 11.9 Å². The van der Waals surface area contributed by atoms with Crippen LogP contribution in [0.15, 0.2) is 36.8 Å². The summed E-state index contributed by atoms with van der Waals surface area (Å²) >= 11 is 0. The molecule has 19 heavy (non-hydrogen) atoms. The fraction of sp³-hybridized carbons (Fsp3) is 0.250. The Labute approximate surface area is 111 Å². The van der Waals surface area contributed by atoms with E-state index in [1.54, 1.807) is 30.5 Å². The molecule has 102 valence electrons. The van der Waals surface area contributed by atoms with Crippen molar-refractivity contribution in [2.45, 2.75) is 18.9 Å². The molecule has 0 aliphatic carbocycles. The summed E-state index contributed by atoms with van der Waals surface area (Å²) in [4.78, 5) is 6.63. The third kappa shape index (κ3) is 4.16. The smallest absolute Gasteiger partial charge is 0.216 e. The summed E-state index contributed by atoms with van der Waals surface area (Å²) in [6, 6.07) is 6.86. The Hall–Kier alpha value is -1.70. The molecule has 0 spiro atoms. The Morgan fingerprint density at radius 1 is 1.32 bits per heavy atom. The van der Waals surface area contributed by atoms with Crippen LogP contribution in [0.4, 0.5) is 0 Å². The van der Waals surface area contributed by atoms with Gasteiger partial charge in [-0.05, 0) is 11.1 Å². The van der Waals surface area contributed by atoms with Crippen molar-refractivity contribution >= 4 is 10.0 Å². The van der Waals surface area contributed by atoms with E-state index in [9.17, 15) is 8.42 Å². The van der Waals surface area contributed by atoms with Crippen LogP contribution < -0.4 is 4.72 Å². The van der Waals surface area contributed by atoms with Crippen molar-refractivity contribution in [2.24, 2.45) is 0 Å². The standard InChI is InChI=1S/C12H15N3O3S/c16-7-10-2-1-3-11(4-10)8-19(17,18)15-6-12-5-13-9-14-12/h1-5,9,15-16H,6-8H2,(H,13,14). The van der Waals surface area contributed by atoms with Gasteiger partial charge in [0.1, 0.15) is 0 Å². The van der Waals surface area contributed by atoms with Gasteiger partial charge in [-0.25, -0.2) is 18.1 Å². The molecule has 0 unspecified atom stereocenters. The third-order valence-corrected chi connectivity index (χ3v) is 3.87. The lowest BCUT2D eigenvalue weighted by Crippen LogP contribution is -2.24. The Kier molecular flexibility index (Phi) is 4.31. The second-order valence-corrected chi connectivity index (χ2v) is 5.94. The minimum absolute atomic E-state index is 0.102. The maximum Gasteiger partial charge on any atom is 0.216 e. The van der Waals surface area contributed by atoms with Crippen molar-refractivity contribution in [2.75, 3.05) is 0 Å². The lowest BCUT2D eigenvalue weighted by atomic mass is 10.1. The molecule has 6 nitrogen and oxygen atoms in total. The molecule has 2 rings (SSSR count). The van der Waals surface area contributed by atoms with Crippen LogP contribution in [-0.2, 0) is 28.9 Å². The Bertz CT molecular complexity index is 623. The summed E-state index contributed by atoms with van der Waals surface area (Å²) < 4.78 is 26.3. The molecule has 0 saturated carbocycles. The first kappa shape index (κ1) is 13.7. The molecule has 2 aromatic rings. The first-order valence-corrected chi connectivity index (χ1v) is 7.37. The summed E-state index contributed by atoms with van der Waals surface area (Å²) in [5.41, 5.74) is 2.04. The molecular weight excluding hydrogens is 266 g/mol. The van der Waals surface area contributed by atoms with Crippen LogP contribution in [-0.4, -0.2) is 23.5 Å². The van der Waals surface area contributed by atoms with Crippen LogP contribution in [0.2, 0.25) is 0 Å². The molecule has 0 amide bonds. The predicted molar refractivity (Wildman–Crippen MR) is 70.4 cm³/mol. The SMILES string of the molecule is O=S(=O)(Cc1cccc(CO)c1)NCc1cnc[nH]1. The monoisotopic (exact) mass is 281 g/mol. The number of nitrogens with zero attached hydrogens (tertiary/aromatic N) is 1. The molecule has 0 aliphatic heterocycles. The zero-order valence-electron chi connectivity index (χ0n) is 10.2. The normalized spacial score (nSPS) is 11.6. The largest absolute Gasteiger partial charge is 0.392 e. The van der Waals surface area contributed by atoms with Gasteiger partial charge < -0.3 is 10.1 Å². The van der Waals surface area contributed by atoms with Crippen LogP contribution in [0.3, 0.4) is 0 Å². The van der Waals surface area contributed by atoms with Gasteiger partial charge in [0.05, 0.1) is 25.2 Å². The van der Waals surface area contributed by atoms with Crippen molar-refractivity contribution in [1.82, 2.24) is 14.7 Å². The summed E-state index contributed by atoms with van der Waals surface area (Å²) in [5, 5.41) is 9.01. The van der Waals surface area contributed by atoms with E-state index in [0.717, 1.165) is 0 Å². The number of imidazole rings is 1. The average molecular weight is 281 g/mol. The van der Waals surface area contributed by atoms with Crippen LogP contribution >= 0.6 is 0 Å². The van der Waals surface area contributed by atoms with Gasteiger partial charge in [-0.3, -0.25) is 0 Å². The first-order chi connectivity index (χ1) is 9.09. The summed E-state index contributed by atoms with van der Waals surface area (Å²) in [6.45, 7) is 0.0808. The molecule has 0 aliphatic rings. The number of H-pyrrole nitrogens is 1. The molecule has 1 aromatic heterocycles. The molecular formula is C12H15N3O3S. The van der Waals surface area contributed by atoms with E-state index in [1.165, 1.54) is 6.33 Å². The highest BCUT2D eigenvalue weighted by atomic mass is 32.2. The summed E-state index contributed by atoms with van der Waals surface area (Å²) in [5.74, 6) is -0.116. The summed E-state index contributed by atoms with van der Waals surface area (Å²) in [6.07, 6.45) is 3.06. The number of nitrogens with one attached hydrogen (secondary N) is 2. The lowest BCUT2D eigenvalue weighted by Gasteiger charge is -2.06. The van der Waals surface area contributed by atoms with E-state index in [-0.39, 0.29) is 18.9 Å². The van der Waals surface area contributed by atoms with E-state index >= 15 is 0 Å². The molecule has 1 aromatic carbocycles. The van der Waals surface area contributed by atoms with E-state index in [0.29, 0.717) is 16.8 Å². The number of aromatic amines is 1.